The first-order valence-electron chi connectivity index (χ1n) is 8.03. The minimum absolute atomic E-state index is 0.0815. The third-order valence-corrected chi connectivity index (χ3v) is 5.13. The Morgan fingerprint density at radius 3 is 2.57 bits per heavy atom. The molecule has 3 rings (SSSR count). The van der Waals surface area contributed by atoms with Crippen molar-refractivity contribution in [2.45, 2.75) is 80.7 Å². The average molecular weight is 309 g/mol. The van der Waals surface area contributed by atoms with E-state index in [1.807, 2.05) is 6.92 Å². The molecule has 1 N–H and O–H groups in total. The summed E-state index contributed by atoms with van der Waals surface area (Å²) in [5.74, 6) is 1.27. The van der Waals surface area contributed by atoms with Gasteiger partial charge in [0.15, 0.2) is 0 Å². The Balaban J connectivity index is 1.48. The highest BCUT2D eigenvalue weighted by Crippen LogP contribution is 2.40. The molecule has 2 saturated carbocycles. The van der Waals surface area contributed by atoms with Crippen LogP contribution < -0.4 is 5.32 Å². The molecule has 0 aliphatic heterocycles. The summed E-state index contributed by atoms with van der Waals surface area (Å²) in [6.45, 7) is 1.90. The van der Waals surface area contributed by atoms with Gasteiger partial charge in [-0.15, -0.1) is 10.2 Å². The van der Waals surface area contributed by atoms with Crippen molar-refractivity contribution in [2.75, 3.05) is 0 Å². The third-order valence-electron chi connectivity index (χ3n) is 4.20. The molecule has 0 radical (unpaired) electrons. The largest absolute Gasteiger partial charge is 0.416 e. The van der Waals surface area contributed by atoms with Crippen molar-refractivity contribution in [1.29, 1.82) is 0 Å². The maximum absolute atomic E-state index is 12.3. The lowest BCUT2D eigenvalue weighted by molar-refractivity contribution is -0.121. The summed E-state index contributed by atoms with van der Waals surface area (Å²) in [5.41, 5.74) is 0. The van der Waals surface area contributed by atoms with Crippen LogP contribution in [0.15, 0.2) is 9.64 Å². The predicted molar refractivity (Wildman–Crippen MR) is 81.2 cm³/mol. The summed E-state index contributed by atoms with van der Waals surface area (Å²) >= 11 is 1.36. The molecule has 1 amide bonds. The fraction of sp³-hybridized carbons (Fsp3) is 0.800. The average Bonchev–Trinajstić information content (AvgIpc) is 3.26. The highest BCUT2D eigenvalue weighted by atomic mass is 32.2. The molecule has 21 heavy (non-hydrogen) atoms. The van der Waals surface area contributed by atoms with Crippen molar-refractivity contribution in [3.05, 3.63) is 5.89 Å². The molecule has 116 valence electrons. The molecule has 1 aromatic rings. The monoisotopic (exact) mass is 309 g/mol. The van der Waals surface area contributed by atoms with Crippen molar-refractivity contribution in [3.63, 3.8) is 0 Å². The van der Waals surface area contributed by atoms with E-state index in [1.165, 1.54) is 37.4 Å². The molecule has 2 aliphatic carbocycles. The Morgan fingerprint density at radius 1 is 1.19 bits per heavy atom. The summed E-state index contributed by atoms with van der Waals surface area (Å²) in [4.78, 5) is 12.3. The number of nitrogens with zero attached hydrogens (tertiary/aromatic N) is 2. The van der Waals surface area contributed by atoms with Crippen LogP contribution >= 0.6 is 11.8 Å². The van der Waals surface area contributed by atoms with Gasteiger partial charge in [-0.3, -0.25) is 4.79 Å². The molecule has 1 atom stereocenters. The second-order valence-corrected chi connectivity index (χ2v) is 7.43. The molecule has 0 bridgehead atoms. The van der Waals surface area contributed by atoms with Gasteiger partial charge in [-0.2, -0.15) is 0 Å². The number of amides is 1. The molecule has 0 unspecified atom stereocenters. The zero-order valence-corrected chi connectivity index (χ0v) is 13.3. The van der Waals surface area contributed by atoms with Crippen LogP contribution in [0.1, 0.15) is 70.1 Å². The van der Waals surface area contributed by atoms with Crippen molar-refractivity contribution < 1.29 is 9.21 Å². The van der Waals surface area contributed by atoms with Crippen LogP contribution in [0.4, 0.5) is 0 Å². The van der Waals surface area contributed by atoms with Gasteiger partial charge in [-0.1, -0.05) is 37.4 Å². The molecular weight excluding hydrogens is 286 g/mol. The van der Waals surface area contributed by atoms with E-state index in [2.05, 4.69) is 15.5 Å². The minimum atomic E-state index is -0.194. The van der Waals surface area contributed by atoms with Crippen LogP contribution in [-0.2, 0) is 4.79 Å². The SMILES string of the molecule is C[C@@H](Sc1nnc(C2CC2)o1)C(=O)NC1CCCCCC1. The first-order chi connectivity index (χ1) is 10.2. The Labute approximate surface area is 129 Å². The van der Waals surface area contributed by atoms with Gasteiger partial charge in [0.25, 0.3) is 5.22 Å². The number of thioether (sulfide) groups is 1. The van der Waals surface area contributed by atoms with Crippen LogP contribution in [0.3, 0.4) is 0 Å². The lowest BCUT2D eigenvalue weighted by atomic mass is 10.1. The number of hydrogen-bond donors (Lipinski definition) is 1. The van der Waals surface area contributed by atoms with E-state index in [1.54, 1.807) is 0 Å². The quantitative estimate of drug-likeness (QED) is 0.668. The second-order valence-electron chi connectivity index (χ2n) is 6.14. The lowest BCUT2D eigenvalue weighted by Gasteiger charge is -2.18. The third kappa shape index (κ3) is 4.22. The predicted octanol–water partition coefficient (Wildman–Crippen LogP) is 3.27. The molecule has 6 heteroatoms. The Morgan fingerprint density at radius 2 is 1.90 bits per heavy atom. The number of aromatic nitrogens is 2. The normalized spacial score (nSPS) is 21.8. The number of carbonyl (C=O) groups is 1. The van der Waals surface area contributed by atoms with Gasteiger partial charge in [-0.05, 0) is 32.6 Å². The topological polar surface area (TPSA) is 68.0 Å². The maximum Gasteiger partial charge on any atom is 0.277 e. The van der Waals surface area contributed by atoms with Gasteiger partial charge in [0, 0.05) is 12.0 Å². The first-order valence-corrected chi connectivity index (χ1v) is 8.91. The van der Waals surface area contributed by atoms with Gasteiger partial charge in [0.1, 0.15) is 0 Å². The van der Waals surface area contributed by atoms with E-state index in [0.717, 1.165) is 31.6 Å². The fourth-order valence-electron chi connectivity index (χ4n) is 2.71. The molecule has 1 heterocycles. The summed E-state index contributed by atoms with van der Waals surface area (Å²) in [5, 5.41) is 11.6. The van der Waals surface area contributed by atoms with Gasteiger partial charge < -0.3 is 9.73 Å². The summed E-state index contributed by atoms with van der Waals surface area (Å²) in [6.07, 6.45) is 9.53. The summed E-state index contributed by atoms with van der Waals surface area (Å²) in [7, 11) is 0. The smallest absolute Gasteiger partial charge is 0.277 e. The number of nitrogens with one attached hydrogen (secondary N) is 1. The van der Waals surface area contributed by atoms with Crippen LogP contribution in [-0.4, -0.2) is 27.4 Å². The van der Waals surface area contributed by atoms with E-state index < -0.39 is 0 Å². The van der Waals surface area contributed by atoms with E-state index >= 15 is 0 Å². The molecule has 2 fully saturated rings. The van der Waals surface area contributed by atoms with Gasteiger partial charge in [0.2, 0.25) is 11.8 Å². The van der Waals surface area contributed by atoms with Crippen LogP contribution in [0.5, 0.6) is 0 Å². The fourth-order valence-corrected chi connectivity index (χ4v) is 3.41. The highest BCUT2D eigenvalue weighted by Gasteiger charge is 2.30. The zero-order chi connectivity index (χ0) is 14.7. The van der Waals surface area contributed by atoms with Gasteiger partial charge in [-0.25, -0.2) is 0 Å². The molecule has 5 nitrogen and oxygen atoms in total. The molecule has 0 spiro atoms. The van der Waals surface area contributed by atoms with Crippen LogP contribution in [0, 0.1) is 0 Å². The number of rotatable bonds is 5. The molecule has 0 saturated heterocycles. The van der Waals surface area contributed by atoms with Crippen molar-refractivity contribution in [1.82, 2.24) is 15.5 Å². The number of carbonyl (C=O) groups excluding carboxylic acids is 1. The van der Waals surface area contributed by atoms with E-state index in [-0.39, 0.29) is 11.2 Å². The van der Waals surface area contributed by atoms with Gasteiger partial charge >= 0.3 is 0 Å². The Bertz CT molecular complexity index is 479. The van der Waals surface area contributed by atoms with Crippen LogP contribution in [0.25, 0.3) is 0 Å². The van der Waals surface area contributed by atoms with Crippen molar-refractivity contribution in [3.8, 4) is 0 Å². The molecular formula is C15H23N3O2S. The zero-order valence-electron chi connectivity index (χ0n) is 12.5. The van der Waals surface area contributed by atoms with Crippen molar-refractivity contribution >= 4 is 17.7 Å². The summed E-state index contributed by atoms with van der Waals surface area (Å²) in [6, 6.07) is 0.341. The first kappa shape index (κ1) is 14.9. The molecule has 1 aromatic heterocycles. The van der Waals surface area contributed by atoms with Gasteiger partial charge in [0.05, 0.1) is 5.25 Å². The van der Waals surface area contributed by atoms with E-state index in [4.69, 9.17) is 4.42 Å². The Kier molecular flexibility index (Phi) is 4.83. The van der Waals surface area contributed by atoms with E-state index in [0.29, 0.717) is 17.2 Å². The lowest BCUT2D eigenvalue weighted by Crippen LogP contribution is -2.39. The van der Waals surface area contributed by atoms with E-state index in [9.17, 15) is 4.79 Å². The maximum atomic E-state index is 12.3. The standard InChI is InChI=1S/C15H23N3O2S/c1-10(13(19)16-12-6-4-2-3-5-7-12)21-15-18-17-14(20-15)11-8-9-11/h10-12H,2-9H2,1H3,(H,16,19)/t10-/m1/s1. The summed E-state index contributed by atoms with van der Waals surface area (Å²) < 4.78 is 5.60. The van der Waals surface area contributed by atoms with Crippen LogP contribution in [0.2, 0.25) is 0 Å². The second kappa shape index (κ2) is 6.81. The highest BCUT2D eigenvalue weighted by molar-refractivity contribution is 8.00. The molecule has 0 aromatic carbocycles. The Hall–Kier alpha value is -1.04. The minimum Gasteiger partial charge on any atom is -0.416 e. The van der Waals surface area contributed by atoms with Crippen molar-refractivity contribution in [2.24, 2.45) is 0 Å². The molecule has 2 aliphatic rings. The number of hydrogen-bond acceptors (Lipinski definition) is 5.